The number of carbonyl (C=O) groups excluding carboxylic acids is 1. The zero-order valence-corrected chi connectivity index (χ0v) is 9.87. The van der Waals surface area contributed by atoms with Gasteiger partial charge in [0.15, 0.2) is 0 Å². The lowest BCUT2D eigenvalue weighted by atomic mass is 10.2. The van der Waals surface area contributed by atoms with E-state index in [2.05, 4.69) is 15.5 Å². The molecular formula is C11H15N5O2. The molecule has 1 rings (SSSR count). The van der Waals surface area contributed by atoms with E-state index in [1.54, 1.807) is 24.3 Å². The Morgan fingerprint density at radius 3 is 2.94 bits per heavy atom. The Labute approximate surface area is 105 Å². The van der Waals surface area contributed by atoms with Crippen molar-refractivity contribution in [2.75, 3.05) is 13.1 Å². The quantitative estimate of drug-likeness (QED) is 0.252. The third kappa shape index (κ3) is 4.32. The number of hydrogen-bond acceptors (Lipinski definition) is 4. The lowest BCUT2D eigenvalue weighted by molar-refractivity contribution is 0.0949. The molecule has 0 unspecified atom stereocenters. The Morgan fingerprint density at radius 2 is 2.22 bits per heavy atom. The van der Waals surface area contributed by atoms with Gasteiger partial charge in [0.1, 0.15) is 11.0 Å². The second-order valence-corrected chi connectivity index (χ2v) is 3.51. The first kappa shape index (κ1) is 13.8. The molecule has 7 nitrogen and oxygen atoms in total. The van der Waals surface area contributed by atoms with Crippen LogP contribution < -0.4 is 15.9 Å². The van der Waals surface area contributed by atoms with Crippen molar-refractivity contribution in [1.82, 2.24) is 5.32 Å². The average molecular weight is 249 g/mol. The van der Waals surface area contributed by atoms with E-state index in [0.717, 1.165) is 12.8 Å². The van der Waals surface area contributed by atoms with E-state index in [0.29, 0.717) is 18.7 Å². The second kappa shape index (κ2) is 7.94. The fourth-order valence-electron chi connectivity index (χ4n) is 1.36. The lowest BCUT2D eigenvalue weighted by Crippen LogP contribution is -2.25. The van der Waals surface area contributed by atoms with Gasteiger partial charge >= 0.3 is 0 Å². The van der Waals surface area contributed by atoms with E-state index in [4.69, 9.17) is 16.1 Å². The molecular weight excluding hydrogens is 234 g/mol. The van der Waals surface area contributed by atoms with Crippen molar-refractivity contribution in [3.05, 3.63) is 40.3 Å². The number of carbonyl (C=O) groups is 1. The number of hydrogen-bond donors (Lipinski definition) is 2. The van der Waals surface area contributed by atoms with Crippen LogP contribution in [0.2, 0.25) is 0 Å². The number of nitrogens with one attached hydrogen (secondary N) is 1. The van der Waals surface area contributed by atoms with Gasteiger partial charge in [0.2, 0.25) is 0 Å². The van der Waals surface area contributed by atoms with Gasteiger partial charge in [-0.1, -0.05) is 12.1 Å². The highest BCUT2D eigenvalue weighted by molar-refractivity contribution is 5.96. The predicted molar refractivity (Wildman–Crippen MR) is 66.8 cm³/mol. The summed E-state index contributed by atoms with van der Waals surface area (Å²) >= 11 is 0. The van der Waals surface area contributed by atoms with Gasteiger partial charge < -0.3 is 15.9 Å². The van der Waals surface area contributed by atoms with E-state index in [1.807, 2.05) is 0 Å². The zero-order valence-electron chi connectivity index (χ0n) is 9.87. The van der Waals surface area contributed by atoms with E-state index < -0.39 is 0 Å². The molecule has 18 heavy (non-hydrogen) atoms. The molecule has 0 aromatic heterocycles. The normalized spacial score (nSPS) is 9.39. The van der Waals surface area contributed by atoms with Crippen LogP contribution in [0.15, 0.2) is 29.5 Å². The first-order valence-corrected chi connectivity index (χ1v) is 5.58. The summed E-state index contributed by atoms with van der Waals surface area (Å²) in [5, 5.41) is 5.72. The van der Waals surface area contributed by atoms with Crippen molar-refractivity contribution in [2.45, 2.75) is 12.8 Å². The van der Waals surface area contributed by atoms with Crippen LogP contribution in [0.4, 0.5) is 0 Å². The molecule has 0 saturated heterocycles. The highest BCUT2D eigenvalue weighted by atomic mass is 16.6. The summed E-state index contributed by atoms with van der Waals surface area (Å²) < 4.78 is 0. The topological polar surface area (TPSA) is 113 Å². The molecule has 0 spiro atoms. The van der Waals surface area contributed by atoms with Gasteiger partial charge in [-0.05, 0) is 37.1 Å². The molecule has 96 valence electrons. The molecule has 0 radical (unpaired) electrons. The number of benzene rings is 1. The third-order valence-electron chi connectivity index (χ3n) is 2.22. The number of unbranched alkanes of at least 4 members (excludes halogenated alkanes) is 1. The Hall–Kier alpha value is -2.24. The van der Waals surface area contributed by atoms with Gasteiger partial charge in [-0.3, -0.25) is 4.79 Å². The first-order valence-electron chi connectivity index (χ1n) is 5.58. The summed E-state index contributed by atoms with van der Waals surface area (Å²) in [5.74, 6) is -0.0395. The summed E-state index contributed by atoms with van der Waals surface area (Å²) in [6.07, 6.45) is 1.68. The minimum atomic E-state index is -0.268. The average Bonchev–Trinajstić information content (AvgIpc) is 2.41. The first-order chi connectivity index (χ1) is 8.79. The molecule has 0 heterocycles. The molecule has 0 fully saturated rings. The highest BCUT2D eigenvalue weighted by Gasteiger charge is 2.10. The van der Waals surface area contributed by atoms with Crippen LogP contribution in [0.5, 0.6) is 5.75 Å². The van der Waals surface area contributed by atoms with Crippen molar-refractivity contribution < 1.29 is 9.63 Å². The number of azide groups is 1. The minimum Gasteiger partial charge on any atom is -0.393 e. The lowest BCUT2D eigenvalue weighted by Gasteiger charge is -2.07. The van der Waals surface area contributed by atoms with Crippen LogP contribution >= 0.6 is 0 Å². The van der Waals surface area contributed by atoms with Gasteiger partial charge in [-0.15, -0.1) is 0 Å². The minimum absolute atomic E-state index is 0.228. The maximum absolute atomic E-state index is 11.8. The molecule has 3 N–H and O–H groups in total. The standard InChI is InChI=1S/C11H15N5O2/c12-7-3-4-8-14-11(17)9-5-1-2-6-10(9)18-16-15-13/h1-2,5-6H,3-4,7-8,12H2,(H,14,17). The highest BCUT2D eigenvalue weighted by Crippen LogP contribution is 2.17. The van der Waals surface area contributed by atoms with Gasteiger partial charge in [-0.25, -0.2) is 0 Å². The summed E-state index contributed by atoms with van der Waals surface area (Å²) in [4.78, 5) is 19.1. The van der Waals surface area contributed by atoms with E-state index >= 15 is 0 Å². The van der Waals surface area contributed by atoms with Crippen LogP contribution in [0.3, 0.4) is 0 Å². The van der Waals surface area contributed by atoms with E-state index in [9.17, 15) is 4.79 Å². The molecule has 1 aromatic carbocycles. The van der Waals surface area contributed by atoms with Crippen molar-refractivity contribution >= 4 is 5.91 Å². The van der Waals surface area contributed by atoms with Crippen molar-refractivity contribution in [3.63, 3.8) is 0 Å². The molecule has 0 saturated carbocycles. The maximum Gasteiger partial charge on any atom is 0.255 e. The molecule has 0 atom stereocenters. The van der Waals surface area contributed by atoms with E-state index in [-0.39, 0.29) is 11.7 Å². The molecule has 1 aromatic rings. The van der Waals surface area contributed by atoms with E-state index in [1.165, 1.54) is 0 Å². The fourth-order valence-corrected chi connectivity index (χ4v) is 1.36. The van der Waals surface area contributed by atoms with Gasteiger partial charge in [0.25, 0.3) is 5.91 Å². The SMILES string of the molecule is [N-]=[N+]=NOc1ccccc1C(=O)NCCCCN. The van der Waals surface area contributed by atoms with Crippen molar-refractivity contribution in [3.8, 4) is 5.75 Å². The molecule has 0 bridgehead atoms. The number of nitrogens with zero attached hydrogens (tertiary/aromatic N) is 3. The van der Waals surface area contributed by atoms with Crippen LogP contribution in [0, 0.1) is 0 Å². The smallest absolute Gasteiger partial charge is 0.255 e. The fraction of sp³-hybridized carbons (Fsp3) is 0.364. The summed E-state index contributed by atoms with van der Waals surface area (Å²) in [7, 11) is 0. The molecule has 7 heteroatoms. The number of nitrogens with two attached hydrogens (primary N) is 1. The largest absolute Gasteiger partial charge is 0.393 e. The third-order valence-corrected chi connectivity index (χ3v) is 2.22. The van der Waals surface area contributed by atoms with Crippen LogP contribution in [0.1, 0.15) is 23.2 Å². The monoisotopic (exact) mass is 249 g/mol. The Kier molecular flexibility index (Phi) is 6.10. The number of para-hydroxylation sites is 1. The molecule has 0 aliphatic heterocycles. The van der Waals surface area contributed by atoms with Crippen LogP contribution in [0.25, 0.3) is 10.4 Å². The Morgan fingerprint density at radius 1 is 1.44 bits per heavy atom. The summed E-state index contributed by atoms with van der Waals surface area (Å²) in [5.41, 5.74) is 13.9. The van der Waals surface area contributed by atoms with Crippen molar-refractivity contribution in [2.24, 2.45) is 11.0 Å². The summed E-state index contributed by atoms with van der Waals surface area (Å²) in [6, 6.07) is 6.55. The van der Waals surface area contributed by atoms with Crippen LogP contribution in [-0.2, 0) is 0 Å². The second-order valence-electron chi connectivity index (χ2n) is 3.51. The molecule has 0 aliphatic rings. The maximum atomic E-state index is 11.8. The molecule has 0 aliphatic carbocycles. The Balaban J connectivity index is 2.63. The van der Waals surface area contributed by atoms with Gasteiger partial charge in [0, 0.05) is 11.5 Å². The zero-order chi connectivity index (χ0) is 13.2. The van der Waals surface area contributed by atoms with Crippen LogP contribution in [-0.4, -0.2) is 19.0 Å². The van der Waals surface area contributed by atoms with Crippen molar-refractivity contribution in [1.29, 1.82) is 0 Å². The number of amides is 1. The molecule has 1 amide bonds. The predicted octanol–water partition coefficient (Wildman–Crippen LogP) is 1.76. The summed E-state index contributed by atoms with van der Waals surface area (Å²) in [6.45, 7) is 1.15. The Bertz CT molecular complexity index is 443. The number of rotatable bonds is 7. The van der Waals surface area contributed by atoms with Gasteiger partial charge in [-0.2, -0.15) is 0 Å². The van der Waals surface area contributed by atoms with Gasteiger partial charge in [0.05, 0.1) is 5.56 Å².